The van der Waals surface area contributed by atoms with E-state index in [0.717, 1.165) is 12.8 Å². The van der Waals surface area contributed by atoms with Crippen molar-refractivity contribution in [2.45, 2.75) is 25.7 Å². The molecule has 0 rings (SSSR count). The third kappa shape index (κ3) is 7.67. The Kier molecular flexibility index (Phi) is 8.99. The SMILES string of the molecule is C=C(C#N)C(=O)OCCCCCCOC(=O)C(=C)C#N. The summed E-state index contributed by atoms with van der Waals surface area (Å²) in [4.78, 5) is 22.1. The number of nitrogens with zero attached hydrogens (tertiary/aromatic N) is 2. The van der Waals surface area contributed by atoms with Crippen LogP contribution in [-0.4, -0.2) is 25.2 Å². The van der Waals surface area contributed by atoms with Crippen LogP contribution in [0.3, 0.4) is 0 Å². The molecule has 0 bridgehead atoms. The molecule has 0 aliphatic heterocycles. The molecule has 0 aromatic carbocycles. The van der Waals surface area contributed by atoms with Crippen LogP contribution in [0.5, 0.6) is 0 Å². The van der Waals surface area contributed by atoms with E-state index >= 15 is 0 Å². The van der Waals surface area contributed by atoms with Crippen molar-refractivity contribution in [3.8, 4) is 12.1 Å². The molecule has 0 spiro atoms. The summed E-state index contributed by atoms with van der Waals surface area (Å²) in [5, 5.41) is 16.8. The maximum atomic E-state index is 11.0. The van der Waals surface area contributed by atoms with Crippen LogP contribution in [0.2, 0.25) is 0 Å². The van der Waals surface area contributed by atoms with Crippen LogP contribution in [0.15, 0.2) is 24.3 Å². The van der Waals surface area contributed by atoms with E-state index in [1.807, 2.05) is 0 Å². The molecule has 0 N–H and O–H groups in total. The highest BCUT2D eigenvalue weighted by molar-refractivity contribution is 5.92. The van der Waals surface area contributed by atoms with Crippen molar-refractivity contribution in [3.05, 3.63) is 24.3 Å². The average molecular weight is 276 g/mol. The molecule has 0 radical (unpaired) electrons. The van der Waals surface area contributed by atoms with Crippen molar-refractivity contribution in [2.24, 2.45) is 0 Å². The number of esters is 2. The van der Waals surface area contributed by atoms with E-state index in [-0.39, 0.29) is 24.4 Å². The summed E-state index contributed by atoms with van der Waals surface area (Å²) < 4.78 is 9.58. The summed E-state index contributed by atoms with van der Waals surface area (Å²) >= 11 is 0. The molecule has 0 atom stereocenters. The van der Waals surface area contributed by atoms with Crippen LogP contribution in [0.1, 0.15) is 25.7 Å². The Morgan fingerprint density at radius 1 is 0.800 bits per heavy atom. The summed E-state index contributed by atoms with van der Waals surface area (Å²) in [7, 11) is 0. The Balaban J connectivity index is 3.47. The van der Waals surface area contributed by atoms with Crippen molar-refractivity contribution < 1.29 is 19.1 Å². The molecule has 0 amide bonds. The predicted molar refractivity (Wildman–Crippen MR) is 69.9 cm³/mol. The first kappa shape index (κ1) is 17.4. The molecule has 0 fully saturated rings. The Morgan fingerprint density at radius 3 is 1.45 bits per heavy atom. The van der Waals surface area contributed by atoms with Gasteiger partial charge >= 0.3 is 11.9 Å². The molecule has 6 nitrogen and oxygen atoms in total. The number of unbranched alkanes of at least 4 members (excludes halogenated alkanes) is 3. The first-order chi connectivity index (χ1) is 9.52. The fourth-order valence-electron chi connectivity index (χ4n) is 1.15. The molecule has 106 valence electrons. The normalized spacial score (nSPS) is 8.90. The van der Waals surface area contributed by atoms with Crippen LogP contribution >= 0.6 is 0 Å². The highest BCUT2D eigenvalue weighted by Crippen LogP contribution is 2.03. The Morgan fingerprint density at radius 2 is 1.15 bits per heavy atom. The van der Waals surface area contributed by atoms with Gasteiger partial charge in [-0.05, 0) is 25.7 Å². The van der Waals surface area contributed by atoms with Crippen molar-refractivity contribution >= 4 is 11.9 Å². The molecule has 0 aromatic heterocycles. The third-order valence-electron chi connectivity index (χ3n) is 2.27. The second-order valence-corrected chi connectivity index (χ2v) is 3.87. The van der Waals surface area contributed by atoms with Crippen molar-refractivity contribution in [2.75, 3.05) is 13.2 Å². The summed E-state index contributed by atoms with van der Waals surface area (Å²) in [6.45, 7) is 6.93. The molecule has 0 aliphatic rings. The fourth-order valence-corrected chi connectivity index (χ4v) is 1.15. The summed E-state index contributed by atoms with van der Waals surface area (Å²) in [6.07, 6.45) is 2.90. The number of nitriles is 2. The second-order valence-electron chi connectivity index (χ2n) is 3.87. The minimum absolute atomic E-state index is 0.213. The smallest absolute Gasteiger partial charge is 0.348 e. The molecule has 0 unspecified atom stereocenters. The molecular weight excluding hydrogens is 260 g/mol. The van der Waals surface area contributed by atoms with E-state index < -0.39 is 11.9 Å². The van der Waals surface area contributed by atoms with E-state index in [9.17, 15) is 9.59 Å². The standard InChI is InChI=1S/C14H16N2O4/c1-11(9-15)13(17)19-7-5-3-4-6-8-20-14(18)12(2)10-16/h1-8H2. The van der Waals surface area contributed by atoms with Crippen LogP contribution in [-0.2, 0) is 19.1 Å². The largest absolute Gasteiger partial charge is 0.462 e. The molecule has 0 aromatic rings. The maximum Gasteiger partial charge on any atom is 0.348 e. The van der Waals surface area contributed by atoms with E-state index in [2.05, 4.69) is 13.2 Å². The molecule has 6 heteroatoms. The number of hydrogen-bond acceptors (Lipinski definition) is 6. The van der Waals surface area contributed by atoms with E-state index in [4.69, 9.17) is 20.0 Å². The van der Waals surface area contributed by atoms with Gasteiger partial charge in [0, 0.05) is 0 Å². The second kappa shape index (κ2) is 10.3. The van der Waals surface area contributed by atoms with Gasteiger partial charge in [-0.2, -0.15) is 10.5 Å². The summed E-state index contributed by atoms with van der Waals surface area (Å²) in [5.74, 6) is -1.40. The third-order valence-corrected chi connectivity index (χ3v) is 2.27. The van der Waals surface area contributed by atoms with E-state index in [1.54, 1.807) is 12.1 Å². The van der Waals surface area contributed by atoms with E-state index in [1.165, 1.54) is 0 Å². The van der Waals surface area contributed by atoms with Crippen molar-refractivity contribution in [1.82, 2.24) is 0 Å². The quantitative estimate of drug-likeness (QED) is 0.275. The Bertz CT molecular complexity index is 425. The van der Waals surface area contributed by atoms with Gasteiger partial charge in [0.25, 0.3) is 0 Å². The number of carbonyl (C=O) groups excluding carboxylic acids is 2. The van der Waals surface area contributed by atoms with Crippen molar-refractivity contribution in [1.29, 1.82) is 10.5 Å². The number of ether oxygens (including phenoxy) is 2. The lowest BCUT2D eigenvalue weighted by Gasteiger charge is -2.04. The Labute approximate surface area is 117 Å². The monoisotopic (exact) mass is 276 g/mol. The highest BCUT2D eigenvalue weighted by atomic mass is 16.5. The van der Waals surface area contributed by atoms with Crippen LogP contribution < -0.4 is 0 Å². The first-order valence-electron chi connectivity index (χ1n) is 6.05. The number of rotatable bonds is 9. The van der Waals surface area contributed by atoms with Gasteiger partial charge in [-0.15, -0.1) is 0 Å². The number of carbonyl (C=O) groups is 2. The first-order valence-corrected chi connectivity index (χ1v) is 6.05. The topological polar surface area (TPSA) is 100 Å². The molecule has 0 aliphatic carbocycles. The summed E-state index contributed by atoms with van der Waals surface area (Å²) in [5.41, 5.74) is -0.427. The van der Waals surface area contributed by atoms with Crippen LogP contribution in [0, 0.1) is 22.7 Å². The van der Waals surface area contributed by atoms with Crippen LogP contribution in [0.4, 0.5) is 0 Å². The predicted octanol–water partition coefficient (Wildman–Crippen LogP) is 1.79. The van der Waals surface area contributed by atoms with Gasteiger partial charge < -0.3 is 9.47 Å². The zero-order chi connectivity index (χ0) is 15.4. The molecule has 0 saturated carbocycles. The van der Waals surface area contributed by atoms with Gasteiger partial charge in [-0.1, -0.05) is 13.2 Å². The lowest BCUT2D eigenvalue weighted by molar-refractivity contribution is -0.139. The zero-order valence-electron chi connectivity index (χ0n) is 11.2. The van der Waals surface area contributed by atoms with Gasteiger partial charge in [0.15, 0.2) is 0 Å². The molecular formula is C14H16N2O4. The van der Waals surface area contributed by atoms with Gasteiger partial charge in [-0.25, -0.2) is 9.59 Å². The van der Waals surface area contributed by atoms with Gasteiger partial charge in [0.05, 0.1) is 13.2 Å². The lowest BCUT2D eigenvalue weighted by Crippen LogP contribution is -2.08. The number of hydrogen-bond donors (Lipinski definition) is 0. The Hall–Kier alpha value is -2.60. The van der Waals surface area contributed by atoms with Crippen molar-refractivity contribution in [3.63, 3.8) is 0 Å². The molecule has 20 heavy (non-hydrogen) atoms. The van der Waals surface area contributed by atoms with Gasteiger partial charge in [-0.3, -0.25) is 0 Å². The highest BCUT2D eigenvalue weighted by Gasteiger charge is 2.07. The minimum atomic E-state index is -0.698. The fraction of sp³-hybridized carbons (Fsp3) is 0.429. The maximum absolute atomic E-state index is 11.0. The minimum Gasteiger partial charge on any atom is -0.462 e. The van der Waals surface area contributed by atoms with Crippen LogP contribution in [0.25, 0.3) is 0 Å². The average Bonchev–Trinajstić information content (AvgIpc) is 2.47. The van der Waals surface area contributed by atoms with Gasteiger partial charge in [0.2, 0.25) is 0 Å². The molecule has 0 saturated heterocycles. The summed E-state index contributed by atoms with van der Waals surface area (Å²) in [6, 6.07) is 3.22. The zero-order valence-corrected chi connectivity index (χ0v) is 11.2. The molecule has 0 heterocycles. The van der Waals surface area contributed by atoms with Gasteiger partial charge in [0.1, 0.15) is 23.3 Å². The van der Waals surface area contributed by atoms with E-state index in [0.29, 0.717) is 12.8 Å². The lowest BCUT2D eigenvalue weighted by atomic mass is 10.2.